The minimum atomic E-state index is -0.253. The molecule has 0 bridgehead atoms. The predicted molar refractivity (Wildman–Crippen MR) is 115 cm³/mol. The highest BCUT2D eigenvalue weighted by atomic mass is 35.5. The third kappa shape index (κ3) is 3.86. The molecule has 0 atom stereocenters. The Balaban J connectivity index is 1.79. The van der Waals surface area contributed by atoms with Gasteiger partial charge in [-0.2, -0.15) is 0 Å². The predicted octanol–water partition coefficient (Wildman–Crippen LogP) is 4.89. The van der Waals surface area contributed by atoms with Crippen molar-refractivity contribution in [3.05, 3.63) is 94.6 Å². The molecule has 29 heavy (non-hydrogen) atoms. The molecule has 0 saturated heterocycles. The summed E-state index contributed by atoms with van der Waals surface area (Å²) in [6, 6.07) is 20.9. The zero-order valence-electron chi connectivity index (χ0n) is 15.5. The maximum atomic E-state index is 13.2. The van der Waals surface area contributed by atoms with E-state index >= 15 is 0 Å². The van der Waals surface area contributed by atoms with Gasteiger partial charge in [0, 0.05) is 10.6 Å². The van der Waals surface area contributed by atoms with Gasteiger partial charge in [-0.05, 0) is 72.3 Å². The van der Waals surface area contributed by atoms with Crippen molar-refractivity contribution < 1.29 is 14.6 Å². The number of hydrogen-bond donors (Lipinski definition) is 1. The highest BCUT2D eigenvalue weighted by Crippen LogP contribution is 2.29. The van der Waals surface area contributed by atoms with Crippen LogP contribution in [0, 0.1) is 0 Å². The van der Waals surface area contributed by atoms with E-state index < -0.39 is 0 Å². The number of aliphatic imine (C=N–C) groups is 1. The molecule has 0 spiro atoms. The van der Waals surface area contributed by atoms with Gasteiger partial charge in [0.25, 0.3) is 5.91 Å². The molecule has 1 heterocycles. The van der Waals surface area contributed by atoms with E-state index in [-0.39, 0.29) is 11.7 Å². The minimum absolute atomic E-state index is 0.125. The summed E-state index contributed by atoms with van der Waals surface area (Å²) in [5.74, 6) is 1.09. The summed E-state index contributed by atoms with van der Waals surface area (Å²) in [7, 11) is 1.60. The van der Waals surface area contributed by atoms with E-state index in [2.05, 4.69) is 4.99 Å². The topological polar surface area (TPSA) is 62.1 Å². The van der Waals surface area contributed by atoms with Gasteiger partial charge >= 0.3 is 0 Å². The molecule has 3 aromatic carbocycles. The molecular weight excluding hydrogens is 388 g/mol. The molecule has 0 saturated carbocycles. The van der Waals surface area contributed by atoms with Crippen LogP contribution in [0.4, 0.5) is 5.69 Å². The van der Waals surface area contributed by atoms with E-state index in [1.807, 2.05) is 36.4 Å². The lowest BCUT2D eigenvalue weighted by Crippen LogP contribution is -2.32. The summed E-state index contributed by atoms with van der Waals surface area (Å²) in [5.41, 5.74) is 2.52. The molecule has 0 fully saturated rings. The van der Waals surface area contributed by atoms with Crippen molar-refractivity contribution in [1.29, 1.82) is 0 Å². The standard InChI is InChI=1S/C23H17ClN2O3/c1-29-20-12-4-16(5-13-20)22-25-21(14-15-2-6-17(24)7-3-15)23(28)26(22)18-8-10-19(27)11-9-18/h2-14,27H,1H3/b21-14+. The molecular formula is C23H17ClN2O3. The SMILES string of the molecule is COc1ccc(C2=N/C(=C/c3ccc(Cl)cc3)C(=O)N2c2ccc(O)cc2)cc1. The lowest BCUT2D eigenvalue weighted by Gasteiger charge is -2.18. The van der Waals surface area contributed by atoms with Gasteiger partial charge in [0.2, 0.25) is 0 Å². The fourth-order valence-corrected chi connectivity index (χ4v) is 3.13. The van der Waals surface area contributed by atoms with E-state index in [4.69, 9.17) is 16.3 Å². The number of benzene rings is 3. The van der Waals surface area contributed by atoms with Crippen LogP contribution in [0.2, 0.25) is 5.02 Å². The third-order valence-corrected chi connectivity index (χ3v) is 4.74. The molecule has 1 N–H and O–H groups in total. The van der Waals surface area contributed by atoms with Gasteiger partial charge < -0.3 is 9.84 Å². The third-order valence-electron chi connectivity index (χ3n) is 4.49. The van der Waals surface area contributed by atoms with Crippen LogP contribution in [-0.2, 0) is 4.79 Å². The monoisotopic (exact) mass is 404 g/mol. The van der Waals surface area contributed by atoms with Crippen LogP contribution >= 0.6 is 11.6 Å². The number of hydrogen-bond acceptors (Lipinski definition) is 4. The first kappa shape index (κ1) is 18.8. The molecule has 6 heteroatoms. The molecule has 3 aromatic rings. The van der Waals surface area contributed by atoms with Gasteiger partial charge in [0.15, 0.2) is 0 Å². The number of anilines is 1. The zero-order valence-corrected chi connectivity index (χ0v) is 16.3. The summed E-state index contributed by atoms with van der Waals surface area (Å²) in [6.45, 7) is 0. The second kappa shape index (κ2) is 7.81. The Morgan fingerprint density at radius 1 is 0.966 bits per heavy atom. The van der Waals surface area contributed by atoms with Gasteiger partial charge in [-0.1, -0.05) is 23.7 Å². The van der Waals surface area contributed by atoms with Crippen LogP contribution in [0.25, 0.3) is 6.08 Å². The molecule has 1 aliphatic heterocycles. The van der Waals surface area contributed by atoms with Crippen molar-refractivity contribution in [2.75, 3.05) is 12.0 Å². The van der Waals surface area contributed by atoms with Crippen molar-refractivity contribution in [3.63, 3.8) is 0 Å². The maximum absolute atomic E-state index is 13.2. The number of rotatable bonds is 4. The van der Waals surface area contributed by atoms with Crippen LogP contribution in [0.3, 0.4) is 0 Å². The lowest BCUT2D eigenvalue weighted by molar-refractivity contribution is -0.113. The normalized spacial score (nSPS) is 15.0. The van der Waals surface area contributed by atoms with Gasteiger partial charge in [0.05, 0.1) is 12.8 Å². The number of carbonyl (C=O) groups is 1. The van der Waals surface area contributed by atoms with Gasteiger partial charge in [-0.25, -0.2) is 4.99 Å². The number of methoxy groups -OCH3 is 1. The number of ether oxygens (including phenoxy) is 1. The lowest BCUT2D eigenvalue weighted by atomic mass is 10.1. The first-order chi connectivity index (χ1) is 14.0. The number of halogens is 1. The number of nitrogens with zero attached hydrogens (tertiary/aromatic N) is 2. The molecule has 0 aliphatic carbocycles. The Bertz CT molecular complexity index is 1100. The first-order valence-corrected chi connectivity index (χ1v) is 9.27. The van der Waals surface area contributed by atoms with E-state index in [9.17, 15) is 9.90 Å². The Morgan fingerprint density at radius 2 is 1.62 bits per heavy atom. The average Bonchev–Trinajstić information content (AvgIpc) is 3.06. The molecule has 4 rings (SSSR count). The highest BCUT2D eigenvalue weighted by Gasteiger charge is 2.32. The number of carbonyl (C=O) groups excluding carboxylic acids is 1. The van der Waals surface area contributed by atoms with Crippen LogP contribution in [0.1, 0.15) is 11.1 Å². The van der Waals surface area contributed by atoms with Crippen molar-refractivity contribution in [3.8, 4) is 11.5 Å². The Hall–Kier alpha value is -3.57. The maximum Gasteiger partial charge on any atom is 0.282 e. The number of amidine groups is 1. The fraction of sp³-hybridized carbons (Fsp3) is 0.0435. The quantitative estimate of drug-likeness (QED) is 0.630. The van der Waals surface area contributed by atoms with Crippen LogP contribution in [0.15, 0.2) is 83.5 Å². The van der Waals surface area contributed by atoms with Gasteiger partial charge in [-0.15, -0.1) is 0 Å². The van der Waals surface area contributed by atoms with Crippen molar-refractivity contribution in [1.82, 2.24) is 0 Å². The number of phenolic OH excluding ortho intramolecular Hbond substituents is 1. The van der Waals surface area contributed by atoms with E-state index in [0.717, 1.165) is 11.1 Å². The second-order valence-electron chi connectivity index (χ2n) is 6.40. The molecule has 5 nitrogen and oxygen atoms in total. The largest absolute Gasteiger partial charge is 0.508 e. The van der Waals surface area contributed by atoms with E-state index in [0.29, 0.717) is 28.0 Å². The second-order valence-corrected chi connectivity index (χ2v) is 6.84. The van der Waals surface area contributed by atoms with Gasteiger partial charge in [-0.3, -0.25) is 9.69 Å². The van der Waals surface area contributed by atoms with Crippen molar-refractivity contribution >= 4 is 35.1 Å². The fourth-order valence-electron chi connectivity index (χ4n) is 3.01. The number of amides is 1. The Labute approximate surface area is 173 Å². The zero-order chi connectivity index (χ0) is 20.4. The Kier molecular flexibility index (Phi) is 5.06. The summed E-state index contributed by atoms with van der Waals surface area (Å²) in [6.07, 6.45) is 1.72. The van der Waals surface area contributed by atoms with Crippen molar-refractivity contribution in [2.24, 2.45) is 4.99 Å². The number of phenols is 1. The van der Waals surface area contributed by atoms with Crippen LogP contribution < -0.4 is 9.64 Å². The van der Waals surface area contributed by atoms with Crippen LogP contribution in [0.5, 0.6) is 11.5 Å². The summed E-state index contributed by atoms with van der Waals surface area (Å²) in [5, 5.41) is 10.2. The molecule has 0 radical (unpaired) electrons. The molecule has 1 aliphatic rings. The van der Waals surface area contributed by atoms with E-state index in [1.54, 1.807) is 37.5 Å². The van der Waals surface area contributed by atoms with Gasteiger partial charge in [0.1, 0.15) is 23.0 Å². The minimum Gasteiger partial charge on any atom is -0.508 e. The van der Waals surface area contributed by atoms with Crippen LogP contribution in [-0.4, -0.2) is 24.0 Å². The van der Waals surface area contributed by atoms with E-state index in [1.165, 1.54) is 17.0 Å². The average molecular weight is 405 g/mol. The summed E-state index contributed by atoms with van der Waals surface area (Å²) < 4.78 is 5.22. The number of aromatic hydroxyl groups is 1. The molecule has 0 unspecified atom stereocenters. The smallest absolute Gasteiger partial charge is 0.282 e. The van der Waals surface area contributed by atoms with Crippen molar-refractivity contribution in [2.45, 2.75) is 0 Å². The highest BCUT2D eigenvalue weighted by molar-refractivity contribution is 6.33. The Morgan fingerprint density at radius 3 is 2.24 bits per heavy atom. The summed E-state index contributed by atoms with van der Waals surface area (Å²) >= 11 is 5.95. The molecule has 0 aromatic heterocycles. The molecule has 144 valence electrons. The molecule has 1 amide bonds. The first-order valence-electron chi connectivity index (χ1n) is 8.89. The summed E-state index contributed by atoms with van der Waals surface area (Å²) in [4.78, 5) is 19.3.